The Balaban J connectivity index is 1.95. The molecule has 1 saturated carbocycles. The molecule has 0 saturated heterocycles. The number of H-pyrrole nitrogens is 1. The molecule has 0 spiro atoms. The van der Waals surface area contributed by atoms with Crippen LogP contribution in [-0.4, -0.2) is 15.2 Å². The highest BCUT2D eigenvalue weighted by molar-refractivity contribution is 6.28. The lowest BCUT2D eigenvalue weighted by Crippen LogP contribution is -2.25. The Morgan fingerprint density at radius 1 is 1.19 bits per heavy atom. The minimum atomic E-state index is 0.341. The Morgan fingerprint density at radius 3 is 2.25 bits per heavy atom. The first-order valence-electron chi connectivity index (χ1n) is 6.04. The van der Waals surface area contributed by atoms with Gasteiger partial charge in [-0.3, -0.25) is 5.10 Å². The van der Waals surface area contributed by atoms with E-state index in [-0.39, 0.29) is 0 Å². The highest BCUT2D eigenvalue weighted by atomic mass is 35.5. The molecule has 1 aromatic heterocycles. The predicted octanol–water partition coefficient (Wildman–Crippen LogP) is 3.78. The van der Waals surface area contributed by atoms with E-state index in [2.05, 4.69) is 36.0 Å². The Kier molecular flexibility index (Phi) is 3.24. The van der Waals surface area contributed by atoms with Gasteiger partial charge in [-0.05, 0) is 48.6 Å². The third-order valence-electron chi connectivity index (χ3n) is 3.81. The minimum Gasteiger partial charge on any atom is -0.262 e. The van der Waals surface area contributed by atoms with Gasteiger partial charge in [-0.25, -0.2) is 4.98 Å². The normalized spacial score (nSPS) is 27.0. The summed E-state index contributed by atoms with van der Waals surface area (Å²) in [5.41, 5.74) is 0.435. The van der Waals surface area contributed by atoms with E-state index >= 15 is 0 Å². The molecule has 0 unspecified atom stereocenters. The summed E-state index contributed by atoms with van der Waals surface area (Å²) in [5, 5.41) is 7.17. The predicted molar refractivity (Wildman–Crippen MR) is 65.5 cm³/mol. The van der Waals surface area contributed by atoms with Crippen LogP contribution in [0.2, 0.25) is 5.28 Å². The van der Waals surface area contributed by atoms with Crippen molar-refractivity contribution in [3.05, 3.63) is 11.1 Å². The van der Waals surface area contributed by atoms with Crippen molar-refractivity contribution in [3.63, 3.8) is 0 Å². The second-order valence-electron chi connectivity index (χ2n) is 5.90. The number of rotatable bonds is 1. The fourth-order valence-electron chi connectivity index (χ4n) is 2.67. The fraction of sp³-hybridized carbons (Fsp3) is 0.833. The SMILES string of the molecule is CC(C)(C)C1CCC(c2nc(Cl)n[nH]2)CC1. The second kappa shape index (κ2) is 4.36. The maximum atomic E-state index is 5.73. The largest absolute Gasteiger partial charge is 0.262 e. The van der Waals surface area contributed by atoms with E-state index in [0.717, 1.165) is 11.7 Å². The molecular weight excluding hydrogens is 222 g/mol. The first-order chi connectivity index (χ1) is 7.47. The third kappa shape index (κ3) is 2.57. The van der Waals surface area contributed by atoms with Gasteiger partial charge < -0.3 is 0 Å². The van der Waals surface area contributed by atoms with Gasteiger partial charge in [0.2, 0.25) is 5.28 Å². The van der Waals surface area contributed by atoms with Crippen molar-refractivity contribution in [2.75, 3.05) is 0 Å². The summed E-state index contributed by atoms with van der Waals surface area (Å²) < 4.78 is 0. The van der Waals surface area contributed by atoms with Gasteiger partial charge in [-0.15, -0.1) is 5.10 Å². The van der Waals surface area contributed by atoms with Crippen LogP contribution < -0.4 is 0 Å². The van der Waals surface area contributed by atoms with Crippen LogP contribution in [0.4, 0.5) is 0 Å². The van der Waals surface area contributed by atoms with Crippen LogP contribution in [0.5, 0.6) is 0 Å². The van der Waals surface area contributed by atoms with Gasteiger partial charge in [0.1, 0.15) is 5.82 Å². The molecule has 1 aliphatic rings. The number of hydrogen-bond acceptors (Lipinski definition) is 2. The van der Waals surface area contributed by atoms with Crippen LogP contribution in [0, 0.1) is 11.3 Å². The Labute approximate surface area is 102 Å². The Morgan fingerprint density at radius 2 is 1.81 bits per heavy atom. The molecule has 0 radical (unpaired) electrons. The van der Waals surface area contributed by atoms with Gasteiger partial charge in [0, 0.05) is 5.92 Å². The summed E-state index contributed by atoms with van der Waals surface area (Å²) in [7, 11) is 0. The molecule has 1 aromatic rings. The maximum absolute atomic E-state index is 5.73. The van der Waals surface area contributed by atoms with Crippen molar-refractivity contribution in [2.24, 2.45) is 11.3 Å². The molecule has 0 aromatic carbocycles. The third-order valence-corrected chi connectivity index (χ3v) is 3.98. The van der Waals surface area contributed by atoms with E-state index in [4.69, 9.17) is 11.6 Å². The minimum absolute atomic E-state index is 0.341. The zero-order valence-corrected chi connectivity index (χ0v) is 11.0. The fourth-order valence-corrected chi connectivity index (χ4v) is 2.80. The molecule has 0 atom stereocenters. The smallest absolute Gasteiger partial charge is 0.242 e. The number of aromatic nitrogens is 3. The van der Waals surface area contributed by atoms with Crippen molar-refractivity contribution in [2.45, 2.75) is 52.4 Å². The van der Waals surface area contributed by atoms with Gasteiger partial charge >= 0.3 is 0 Å². The number of nitrogens with zero attached hydrogens (tertiary/aromatic N) is 2. The summed E-state index contributed by atoms with van der Waals surface area (Å²) in [6.07, 6.45) is 4.97. The Bertz CT molecular complexity index is 345. The molecule has 0 bridgehead atoms. The van der Waals surface area contributed by atoms with Crippen LogP contribution in [0.15, 0.2) is 0 Å². The molecule has 0 aliphatic heterocycles. The topological polar surface area (TPSA) is 41.6 Å². The number of hydrogen-bond donors (Lipinski definition) is 1. The maximum Gasteiger partial charge on any atom is 0.242 e. The lowest BCUT2D eigenvalue weighted by Gasteiger charge is -2.36. The van der Waals surface area contributed by atoms with Crippen LogP contribution in [0.3, 0.4) is 0 Å². The van der Waals surface area contributed by atoms with Crippen LogP contribution in [0.1, 0.15) is 58.2 Å². The zero-order chi connectivity index (χ0) is 11.8. The molecular formula is C12H20ClN3. The molecule has 1 aliphatic carbocycles. The van der Waals surface area contributed by atoms with Gasteiger partial charge in [-0.1, -0.05) is 20.8 Å². The first kappa shape index (κ1) is 11.9. The van der Waals surface area contributed by atoms with E-state index in [9.17, 15) is 0 Å². The van der Waals surface area contributed by atoms with Crippen molar-refractivity contribution in [1.29, 1.82) is 0 Å². The van der Waals surface area contributed by atoms with Crippen LogP contribution >= 0.6 is 11.6 Å². The van der Waals surface area contributed by atoms with Gasteiger partial charge in [0.15, 0.2) is 0 Å². The molecule has 90 valence electrons. The lowest BCUT2D eigenvalue weighted by molar-refractivity contribution is 0.167. The van der Waals surface area contributed by atoms with Crippen molar-refractivity contribution < 1.29 is 0 Å². The summed E-state index contributed by atoms with van der Waals surface area (Å²) in [5.74, 6) is 2.33. The quantitative estimate of drug-likeness (QED) is 0.813. The van der Waals surface area contributed by atoms with E-state index in [1.165, 1.54) is 25.7 Å². The molecule has 1 N–H and O–H groups in total. The van der Waals surface area contributed by atoms with Gasteiger partial charge in [0.05, 0.1) is 0 Å². The molecule has 3 nitrogen and oxygen atoms in total. The standard InChI is InChI=1S/C12H20ClN3/c1-12(2,3)9-6-4-8(5-7-9)10-14-11(13)16-15-10/h8-9H,4-7H2,1-3H3,(H,14,15,16). The first-order valence-corrected chi connectivity index (χ1v) is 6.42. The summed E-state index contributed by atoms with van der Waals surface area (Å²) in [6, 6.07) is 0. The van der Waals surface area contributed by atoms with Crippen molar-refractivity contribution in [3.8, 4) is 0 Å². The second-order valence-corrected chi connectivity index (χ2v) is 6.24. The summed E-state index contributed by atoms with van der Waals surface area (Å²) in [4.78, 5) is 4.22. The highest BCUT2D eigenvalue weighted by Crippen LogP contribution is 2.42. The van der Waals surface area contributed by atoms with Crippen molar-refractivity contribution in [1.82, 2.24) is 15.2 Å². The van der Waals surface area contributed by atoms with E-state index in [0.29, 0.717) is 16.6 Å². The van der Waals surface area contributed by atoms with Crippen LogP contribution in [0.25, 0.3) is 0 Å². The summed E-state index contributed by atoms with van der Waals surface area (Å²) >= 11 is 5.73. The summed E-state index contributed by atoms with van der Waals surface area (Å²) in [6.45, 7) is 7.01. The van der Waals surface area contributed by atoms with Crippen molar-refractivity contribution >= 4 is 11.6 Å². The average Bonchev–Trinajstić information content (AvgIpc) is 2.64. The lowest BCUT2D eigenvalue weighted by atomic mass is 9.70. The van der Waals surface area contributed by atoms with Crippen LogP contribution in [-0.2, 0) is 0 Å². The van der Waals surface area contributed by atoms with E-state index in [1.807, 2.05) is 0 Å². The van der Waals surface area contributed by atoms with E-state index < -0.39 is 0 Å². The molecule has 0 amide bonds. The number of nitrogens with one attached hydrogen (secondary N) is 1. The van der Waals surface area contributed by atoms with E-state index in [1.54, 1.807) is 0 Å². The molecule has 16 heavy (non-hydrogen) atoms. The monoisotopic (exact) mass is 241 g/mol. The number of halogens is 1. The Hall–Kier alpha value is -0.570. The highest BCUT2D eigenvalue weighted by Gasteiger charge is 2.31. The van der Waals surface area contributed by atoms with Gasteiger partial charge in [0.25, 0.3) is 0 Å². The molecule has 1 fully saturated rings. The average molecular weight is 242 g/mol. The number of aromatic amines is 1. The van der Waals surface area contributed by atoms with Gasteiger partial charge in [-0.2, -0.15) is 0 Å². The molecule has 4 heteroatoms. The molecule has 1 heterocycles. The molecule has 2 rings (SSSR count). The zero-order valence-electron chi connectivity index (χ0n) is 10.3.